The quantitative estimate of drug-likeness (QED) is 0.187. The monoisotopic (exact) mass is 434 g/mol. The Labute approximate surface area is 174 Å². The van der Waals surface area contributed by atoms with E-state index in [0.29, 0.717) is 18.7 Å². The van der Waals surface area contributed by atoms with Crippen molar-refractivity contribution in [2.75, 3.05) is 25.1 Å². The fraction of sp³-hybridized carbons (Fsp3) is 0.389. The van der Waals surface area contributed by atoms with Crippen molar-refractivity contribution in [3.8, 4) is 5.75 Å². The number of H-pyrrole nitrogens is 1. The van der Waals surface area contributed by atoms with Crippen LogP contribution in [0.3, 0.4) is 0 Å². The fourth-order valence-electron chi connectivity index (χ4n) is 2.95. The minimum absolute atomic E-state index is 0.0437. The zero-order valence-electron chi connectivity index (χ0n) is 16.6. The van der Waals surface area contributed by atoms with Crippen LogP contribution in [-0.2, 0) is 13.6 Å². The summed E-state index contributed by atoms with van der Waals surface area (Å²) in [6.45, 7) is 0.0858. The molecule has 0 aliphatic heterocycles. The van der Waals surface area contributed by atoms with Crippen LogP contribution in [0.25, 0.3) is 11.2 Å². The number of nitrogens with one attached hydrogen (secondary N) is 2. The van der Waals surface area contributed by atoms with E-state index in [2.05, 4.69) is 15.3 Å². The van der Waals surface area contributed by atoms with E-state index >= 15 is 0 Å². The van der Waals surface area contributed by atoms with Crippen molar-refractivity contribution in [3.63, 3.8) is 0 Å². The predicted octanol–water partition coefficient (Wildman–Crippen LogP) is -0.434. The van der Waals surface area contributed by atoms with Crippen LogP contribution in [0.1, 0.15) is 6.42 Å². The Balaban J connectivity index is 1.82. The Morgan fingerprint density at radius 3 is 2.68 bits per heavy atom. The van der Waals surface area contributed by atoms with Gasteiger partial charge in [0, 0.05) is 32.3 Å². The number of non-ortho nitro benzene ring substituents is 1. The number of imidazole rings is 1. The van der Waals surface area contributed by atoms with Crippen molar-refractivity contribution < 1.29 is 19.9 Å². The van der Waals surface area contributed by atoms with Gasteiger partial charge in [-0.25, -0.2) is 4.79 Å². The largest absolute Gasteiger partial charge is 0.491 e. The van der Waals surface area contributed by atoms with E-state index in [9.17, 15) is 24.8 Å². The highest BCUT2D eigenvalue weighted by Gasteiger charge is 2.20. The van der Waals surface area contributed by atoms with E-state index < -0.39 is 22.3 Å². The number of rotatable bonds is 10. The number of nitro benzene ring substituents is 1. The summed E-state index contributed by atoms with van der Waals surface area (Å²) in [4.78, 5) is 41.0. The number of aryl methyl sites for hydroxylation is 1. The van der Waals surface area contributed by atoms with Crippen LogP contribution >= 0.6 is 0 Å². The van der Waals surface area contributed by atoms with Crippen LogP contribution in [0.5, 0.6) is 5.75 Å². The highest BCUT2D eigenvalue weighted by atomic mass is 16.6. The molecule has 0 bridgehead atoms. The standard InChI is InChI=1S/C18H22N6O7/c1-22-15-14(16(27)21-18(22)28)23(17(20-15)19-7-2-8-25)9-12(26)10-31-13-5-3-11(4-6-13)24(29)30/h3-6,12,25-26H,2,7-10H2,1H3,(H,19,20)(H,21,27,28). The molecule has 0 radical (unpaired) electrons. The summed E-state index contributed by atoms with van der Waals surface area (Å²) in [5, 5.41) is 33.1. The lowest BCUT2D eigenvalue weighted by atomic mass is 10.3. The molecule has 0 amide bonds. The van der Waals surface area contributed by atoms with Crippen LogP contribution in [-0.4, -0.2) is 60.1 Å². The minimum Gasteiger partial charge on any atom is -0.491 e. The van der Waals surface area contributed by atoms with Crippen molar-refractivity contribution in [3.05, 3.63) is 55.2 Å². The van der Waals surface area contributed by atoms with E-state index in [-0.39, 0.29) is 42.6 Å². The molecule has 0 aliphatic rings. The fourth-order valence-corrected chi connectivity index (χ4v) is 2.95. The highest BCUT2D eigenvalue weighted by molar-refractivity contribution is 5.74. The van der Waals surface area contributed by atoms with Crippen LogP contribution in [0.15, 0.2) is 33.9 Å². The van der Waals surface area contributed by atoms with E-state index in [1.165, 1.54) is 40.4 Å². The number of hydrogen-bond acceptors (Lipinski definition) is 9. The Kier molecular flexibility index (Phi) is 6.67. The topological polar surface area (TPSA) is 178 Å². The normalized spacial score (nSPS) is 12.1. The number of aliphatic hydroxyl groups excluding tert-OH is 2. The van der Waals surface area contributed by atoms with Gasteiger partial charge in [-0.15, -0.1) is 0 Å². The lowest BCUT2D eigenvalue weighted by Crippen LogP contribution is -2.31. The first-order valence-corrected chi connectivity index (χ1v) is 9.41. The number of anilines is 1. The first-order valence-electron chi connectivity index (χ1n) is 9.41. The average molecular weight is 434 g/mol. The molecule has 3 aromatic rings. The Morgan fingerprint density at radius 1 is 1.32 bits per heavy atom. The van der Waals surface area contributed by atoms with Gasteiger partial charge in [0.15, 0.2) is 11.2 Å². The predicted molar refractivity (Wildman–Crippen MR) is 110 cm³/mol. The molecular formula is C18H22N6O7. The third-order valence-corrected chi connectivity index (χ3v) is 4.51. The zero-order valence-corrected chi connectivity index (χ0v) is 16.6. The molecule has 4 N–H and O–H groups in total. The van der Waals surface area contributed by atoms with E-state index in [1.54, 1.807) is 0 Å². The maximum absolute atomic E-state index is 12.4. The van der Waals surface area contributed by atoms with Gasteiger partial charge < -0.3 is 24.8 Å². The molecule has 0 aliphatic carbocycles. The molecule has 0 saturated carbocycles. The number of ether oxygens (including phenoxy) is 1. The molecule has 3 rings (SSSR count). The van der Waals surface area contributed by atoms with Crippen LogP contribution < -0.4 is 21.3 Å². The van der Waals surface area contributed by atoms with E-state index in [0.717, 1.165) is 0 Å². The SMILES string of the molecule is Cn1c(=O)[nH]c(=O)c2c1nc(NCCCO)n2CC(O)COc1ccc([N+](=O)[O-])cc1. The van der Waals surface area contributed by atoms with Gasteiger partial charge in [-0.3, -0.25) is 24.5 Å². The number of hydrogen-bond donors (Lipinski definition) is 4. The van der Waals surface area contributed by atoms with Crippen LogP contribution in [0.4, 0.5) is 11.6 Å². The summed E-state index contributed by atoms with van der Waals surface area (Å²) < 4.78 is 8.10. The Bertz CT molecular complexity index is 1180. The lowest BCUT2D eigenvalue weighted by molar-refractivity contribution is -0.384. The summed E-state index contributed by atoms with van der Waals surface area (Å²) >= 11 is 0. The van der Waals surface area contributed by atoms with Crippen molar-refractivity contribution in [1.29, 1.82) is 0 Å². The molecule has 1 atom stereocenters. The van der Waals surface area contributed by atoms with Crippen molar-refractivity contribution in [2.24, 2.45) is 7.05 Å². The van der Waals surface area contributed by atoms with Gasteiger partial charge in [-0.05, 0) is 18.6 Å². The molecule has 1 aromatic carbocycles. The number of fused-ring (bicyclic) bond motifs is 1. The molecule has 13 nitrogen and oxygen atoms in total. The van der Waals surface area contributed by atoms with Gasteiger partial charge in [0.05, 0.1) is 11.5 Å². The van der Waals surface area contributed by atoms with Gasteiger partial charge >= 0.3 is 5.69 Å². The van der Waals surface area contributed by atoms with E-state index in [1.807, 2.05) is 0 Å². The molecule has 2 aromatic heterocycles. The third-order valence-electron chi connectivity index (χ3n) is 4.51. The van der Waals surface area contributed by atoms with E-state index in [4.69, 9.17) is 9.84 Å². The summed E-state index contributed by atoms with van der Waals surface area (Å²) in [6.07, 6.45) is -0.632. The number of aliphatic hydroxyl groups is 2. The first kappa shape index (κ1) is 22.0. The number of benzene rings is 1. The molecule has 0 saturated heterocycles. The van der Waals surface area contributed by atoms with Gasteiger partial charge in [-0.1, -0.05) is 0 Å². The first-order chi connectivity index (χ1) is 14.8. The van der Waals surface area contributed by atoms with Crippen molar-refractivity contribution in [2.45, 2.75) is 19.1 Å². The Morgan fingerprint density at radius 2 is 2.03 bits per heavy atom. The molecule has 0 spiro atoms. The third kappa shape index (κ3) is 4.90. The number of nitro groups is 1. The van der Waals surface area contributed by atoms with Gasteiger partial charge in [-0.2, -0.15) is 4.98 Å². The molecule has 0 fully saturated rings. The smallest absolute Gasteiger partial charge is 0.329 e. The van der Waals surface area contributed by atoms with Gasteiger partial charge in [0.25, 0.3) is 11.2 Å². The number of nitrogens with zero attached hydrogens (tertiary/aromatic N) is 4. The number of aromatic nitrogens is 4. The summed E-state index contributed by atoms with van der Waals surface area (Å²) in [5.74, 6) is 0.589. The second kappa shape index (κ2) is 9.40. The highest BCUT2D eigenvalue weighted by Crippen LogP contribution is 2.19. The molecule has 31 heavy (non-hydrogen) atoms. The summed E-state index contributed by atoms with van der Waals surface area (Å²) in [7, 11) is 1.46. The maximum atomic E-state index is 12.4. The van der Waals surface area contributed by atoms with Gasteiger partial charge in [0.2, 0.25) is 5.95 Å². The second-order valence-electron chi connectivity index (χ2n) is 6.76. The van der Waals surface area contributed by atoms with Crippen LogP contribution in [0.2, 0.25) is 0 Å². The van der Waals surface area contributed by atoms with Crippen molar-refractivity contribution in [1.82, 2.24) is 19.1 Å². The zero-order chi connectivity index (χ0) is 22.5. The lowest BCUT2D eigenvalue weighted by Gasteiger charge is -2.15. The molecule has 166 valence electrons. The summed E-state index contributed by atoms with van der Waals surface area (Å²) in [6, 6.07) is 5.41. The molecular weight excluding hydrogens is 412 g/mol. The molecule has 13 heteroatoms. The van der Waals surface area contributed by atoms with Gasteiger partial charge in [0.1, 0.15) is 18.5 Å². The molecule has 2 heterocycles. The maximum Gasteiger partial charge on any atom is 0.329 e. The summed E-state index contributed by atoms with van der Waals surface area (Å²) in [5.41, 5.74) is -1.11. The Hall–Kier alpha value is -3.71. The molecule has 1 unspecified atom stereocenters. The van der Waals surface area contributed by atoms with Crippen molar-refractivity contribution >= 4 is 22.8 Å². The second-order valence-corrected chi connectivity index (χ2v) is 6.76. The average Bonchev–Trinajstić information content (AvgIpc) is 3.10. The van der Waals surface area contributed by atoms with Crippen LogP contribution in [0, 0.1) is 10.1 Å². The number of aromatic amines is 1. The minimum atomic E-state index is -1.07.